The smallest absolute Gasteiger partial charge is 0.339 e. The van der Waals surface area contributed by atoms with Crippen molar-refractivity contribution >= 4 is 16.0 Å². The van der Waals surface area contributed by atoms with Gasteiger partial charge in [0, 0.05) is 37.7 Å². The van der Waals surface area contributed by atoms with Gasteiger partial charge in [0.1, 0.15) is 5.56 Å². The van der Waals surface area contributed by atoms with E-state index in [1.807, 2.05) is 55.8 Å². The molecule has 2 aromatic heterocycles. The molecule has 9 nitrogen and oxygen atoms in total. The average molecular weight is 516 g/mol. The predicted octanol–water partition coefficient (Wildman–Crippen LogP) is 3.11. The van der Waals surface area contributed by atoms with Gasteiger partial charge in [-0.2, -0.15) is 14.5 Å². The molecule has 3 aliphatic rings. The van der Waals surface area contributed by atoms with E-state index in [1.165, 1.54) is 6.20 Å². The zero-order valence-electron chi connectivity index (χ0n) is 20.2. The number of nitrogens with zero attached hydrogens (tertiary/aromatic N) is 5. The fourth-order valence-electron chi connectivity index (χ4n) is 6.57. The van der Waals surface area contributed by atoms with Crippen LogP contribution < -0.4 is 0 Å². The number of aromatic carboxylic acids is 1. The molecular formula is C27H25N5O4S. The van der Waals surface area contributed by atoms with E-state index < -0.39 is 21.4 Å². The second kappa shape index (κ2) is 7.62. The second-order valence-corrected chi connectivity index (χ2v) is 12.2. The molecule has 2 aliphatic heterocycles. The zero-order chi connectivity index (χ0) is 25.5. The second-order valence-electron chi connectivity index (χ2n) is 10.3. The fraction of sp³-hybridized carbons (Fsp3) is 0.296. The van der Waals surface area contributed by atoms with Gasteiger partial charge < -0.3 is 5.11 Å². The molecule has 0 saturated heterocycles. The van der Waals surface area contributed by atoms with Crippen molar-refractivity contribution in [3.63, 3.8) is 0 Å². The molecule has 188 valence electrons. The van der Waals surface area contributed by atoms with Gasteiger partial charge in [-0.3, -0.25) is 4.68 Å². The van der Waals surface area contributed by atoms with E-state index >= 15 is 0 Å². The van der Waals surface area contributed by atoms with E-state index in [0.29, 0.717) is 30.0 Å². The molecule has 37 heavy (non-hydrogen) atoms. The first kappa shape index (κ1) is 22.4. The Kier molecular flexibility index (Phi) is 4.62. The van der Waals surface area contributed by atoms with Gasteiger partial charge >= 0.3 is 5.97 Å². The van der Waals surface area contributed by atoms with Crippen molar-refractivity contribution in [2.24, 2.45) is 13.0 Å². The Morgan fingerprint density at radius 1 is 1.11 bits per heavy atom. The number of benzene rings is 2. The summed E-state index contributed by atoms with van der Waals surface area (Å²) in [4.78, 5) is 12.7. The number of rotatable bonds is 2. The molecule has 0 radical (unpaired) electrons. The molecule has 10 heteroatoms. The molecule has 0 amide bonds. The first-order valence-electron chi connectivity index (χ1n) is 12.3. The van der Waals surface area contributed by atoms with E-state index in [4.69, 9.17) is 0 Å². The molecule has 7 rings (SSSR count). The number of aryl methyl sites for hydroxylation is 1. The molecule has 4 aromatic rings. The number of aromatic nitrogens is 4. The third-order valence-electron chi connectivity index (χ3n) is 8.34. The van der Waals surface area contributed by atoms with Crippen LogP contribution in [0.2, 0.25) is 0 Å². The van der Waals surface area contributed by atoms with Crippen LogP contribution in [0.15, 0.2) is 72.0 Å². The molecule has 1 saturated carbocycles. The standard InChI is InChI=1S/C27H25N5O4S/c1-30-15-20(12-28-30)27-11-23(27)25-22(26(33)34)13-29-32(25)21-7-4-5-17(9-21)14-31-16-19(27)10-18-6-2-3-8-24(18)37(31,35)36/h2-9,12-13,15,19,23H,10-11,14,16H2,1H3,(H,33,34)/t19-,23-,27+/m0/s1. The van der Waals surface area contributed by atoms with Crippen LogP contribution in [0.3, 0.4) is 0 Å². The van der Waals surface area contributed by atoms with E-state index in [2.05, 4.69) is 10.2 Å². The third kappa shape index (κ3) is 3.18. The summed E-state index contributed by atoms with van der Waals surface area (Å²) in [6, 6.07) is 14.8. The molecule has 0 spiro atoms. The highest BCUT2D eigenvalue weighted by Gasteiger charge is 2.64. The van der Waals surface area contributed by atoms with Crippen molar-refractivity contribution in [2.45, 2.75) is 35.6 Å². The molecule has 1 unspecified atom stereocenters. The van der Waals surface area contributed by atoms with Crippen molar-refractivity contribution in [1.29, 1.82) is 0 Å². The quantitative estimate of drug-likeness (QED) is 0.439. The predicted molar refractivity (Wildman–Crippen MR) is 134 cm³/mol. The van der Waals surface area contributed by atoms with E-state index in [-0.39, 0.29) is 23.9 Å². The summed E-state index contributed by atoms with van der Waals surface area (Å²) in [7, 11) is -1.89. The molecule has 2 aromatic carbocycles. The van der Waals surface area contributed by atoms with Crippen molar-refractivity contribution in [3.8, 4) is 5.69 Å². The van der Waals surface area contributed by atoms with Gasteiger partial charge in [0.15, 0.2) is 0 Å². The Labute approximate surface area is 214 Å². The molecule has 1 aliphatic carbocycles. The van der Waals surface area contributed by atoms with E-state index in [9.17, 15) is 18.3 Å². The minimum atomic E-state index is -3.75. The van der Waals surface area contributed by atoms with Crippen LogP contribution in [0.1, 0.15) is 45.1 Å². The minimum absolute atomic E-state index is 0.0957. The lowest BCUT2D eigenvalue weighted by Gasteiger charge is -2.30. The number of carboxylic acids is 1. The molecule has 1 N–H and O–H groups in total. The van der Waals surface area contributed by atoms with Crippen molar-refractivity contribution in [3.05, 3.63) is 95.1 Å². The van der Waals surface area contributed by atoms with Crippen LogP contribution in [0.5, 0.6) is 0 Å². The lowest BCUT2D eigenvalue weighted by Crippen LogP contribution is -2.38. The number of carboxylic acid groups (broad SMARTS) is 1. The Bertz CT molecular complexity index is 1690. The highest BCUT2D eigenvalue weighted by Crippen LogP contribution is 2.66. The van der Waals surface area contributed by atoms with Gasteiger partial charge in [0.2, 0.25) is 10.0 Å². The number of sulfonamides is 1. The summed E-state index contributed by atoms with van der Waals surface area (Å²) in [5, 5.41) is 19.1. The normalized spacial score (nSPS) is 27.1. The molecule has 4 heterocycles. The van der Waals surface area contributed by atoms with Crippen LogP contribution in [0.4, 0.5) is 0 Å². The summed E-state index contributed by atoms with van der Waals surface area (Å²) in [6.45, 7) is 0.542. The maximum atomic E-state index is 14.0. The molecule has 4 atom stereocenters. The van der Waals surface area contributed by atoms with Crippen molar-refractivity contribution < 1.29 is 18.3 Å². The number of fused-ring (bicyclic) bond motifs is 10. The lowest BCUT2D eigenvalue weighted by atomic mass is 9.77. The number of hydrogen-bond donors (Lipinski definition) is 1. The van der Waals surface area contributed by atoms with Gasteiger partial charge in [0.25, 0.3) is 0 Å². The lowest BCUT2D eigenvalue weighted by molar-refractivity contribution is 0.0695. The topological polar surface area (TPSA) is 110 Å². The van der Waals surface area contributed by atoms with Gasteiger partial charge in [0.05, 0.1) is 28.7 Å². The minimum Gasteiger partial charge on any atom is -0.478 e. The number of carbonyl (C=O) groups is 1. The zero-order valence-corrected chi connectivity index (χ0v) is 21.0. The summed E-state index contributed by atoms with van der Waals surface area (Å²) >= 11 is 0. The molecular weight excluding hydrogens is 490 g/mol. The van der Waals surface area contributed by atoms with Crippen LogP contribution in [0.25, 0.3) is 5.69 Å². The molecule has 4 bridgehead atoms. The van der Waals surface area contributed by atoms with E-state index in [1.54, 1.807) is 25.8 Å². The SMILES string of the molecule is Cn1cc([C@]23C[C@H]2c2c(C(=O)O)cnn2-c2cccc(c2)CN2C[C@@H]3Cc3ccccc3S2(=O)=O)cn1. The highest BCUT2D eigenvalue weighted by atomic mass is 32.2. The van der Waals surface area contributed by atoms with Crippen molar-refractivity contribution in [1.82, 2.24) is 23.9 Å². The summed E-state index contributed by atoms with van der Waals surface area (Å²) in [6.07, 6.45) is 6.51. The summed E-state index contributed by atoms with van der Waals surface area (Å²) in [5.74, 6) is -1.27. The van der Waals surface area contributed by atoms with Crippen LogP contribution >= 0.6 is 0 Å². The molecule has 1 fully saturated rings. The van der Waals surface area contributed by atoms with E-state index in [0.717, 1.165) is 22.4 Å². The third-order valence-corrected chi connectivity index (χ3v) is 10.2. The Morgan fingerprint density at radius 2 is 1.95 bits per heavy atom. The van der Waals surface area contributed by atoms with Crippen LogP contribution in [-0.2, 0) is 35.5 Å². The maximum absolute atomic E-state index is 14.0. The highest BCUT2D eigenvalue weighted by molar-refractivity contribution is 7.89. The Hall–Kier alpha value is -3.76. The average Bonchev–Trinajstić information content (AvgIpc) is 3.23. The summed E-state index contributed by atoms with van der Waals surface area (Å²) in [5.41, 5.74) is 3.68. The Balaban J connectivity index is 1.53. The first-order valence-corrected chi connectivity index (χ1v) is 13.7. The maximum Gasteiger partial charge on any atom is 0.339 e. The summed E-state index contributed by atoms with van der Waals surface area (Å²) < 4.78 is 33.0. The number of hydrogen-bond acceptors (Lipinski definition) is 5. The first-order chi connectivity index (χ1) is 17.8. The monoisotopic (exact) mass is 515 g/mol. The van der Waals surface area contributed by atoms with Gasteiger partial charge in [-0.15, -0.1) is 0 Å². The van der Waals surface area contributed by atoms with Crippen LogP contribution in [0, 0.1) is 5.92 Å². The van der Waals surface area contributed by atoms with Crippen LogP contribution in [-0.4, -0.2) is 49.9 Å². The van der Waals surface area contributed by atoms with Gasteiger partial charge in [-0.1, -0.05) is 30.3 Å². The largest absolute Gasteiger partial charge is 0.478 e. The van der Waals surface area contributed by atoms with Gasteiger partial charge in [-0.25, -0.2) is 17.9 Å². The Morgan fingerprint density at radius 3 is 2.73 bits per heavy atom. The fourth-order valence-corrected chi connectivity index (χ4v) is 8.28. The van der Waals surface area contributed by atoms with Crippen molar-refractivity contribution in [2.75, 3.05) is 6.54 Å². The van der Waals surface area contributed by atoms with Gasteiger partial charge in [-0.05, 0) is 53.6 Å².